The number of rotatable bonds is 1. The number of nitrogens with zero attached hydrogens (tertiary/aromatic N) is 2. The third kappa shape index (κ3) is 3.55. The molecule has 0 aromatic rings. The van der Waals surface area contributed by atoms with Gasteiger partial charge in [-0.15, -0.1) is 0 Å². The van der Waals surface area contributed by atoms with Gasteiger partial charge in [0.2, 0.25) is 0 Å². The van der Waals surface area contributed by atoms with Crippen molar-refractivity contribution in [3.05, 3.63) is 0 Å². The van der Waals surface area contributed by atoms with E-state index in [2.05, 4.69) is 0 Å². The molecule has 4 nitrogen and oxygen atoms in total. The average molecular weight is 107 g/mol. The first kappa shape index (κ1) is 5.55. The minimum atomic E-state index is -3.48. The summed E-state index contributed by atoms with van der Waals surface area (Å²) in [6.07, 6.45) is 0.799. The van der Waals surface area contributed by atoms with E-state index in [4.69, 9.17) is 5.53 Å². The zero-order chi connectivity index (χ0) is 5.21. The van der Waals surface area contributed by atoms with E-state index in [0.717, 1.165) is 6.26 Å². The molecule has 0 saturated heterocycles. The van der Waals surface area contributed by atoms with Gasteiger partial charge in [0.05, 0.1) is 6.26 Å². The van der Waals surface area contributed by atoms with Crippen molar-refractivity contribution in [1.29, 1.82) is 0 Å². The maximum atomic E-state index is 9.58. The molecule has 0 unspecified atom stereocenters. The number of sulfonamides is 1. The van der Waals surface area contributed by atoms with Gasteiger partial charge in [-0.1, -0.05) is 0 Å². The van der Waals surface area contributed by atoms with Crippen LogP contribution in [0, 0.1) is 0 Å². The Bertz CT molecular complexity index is 122. The third-order valence-electron chi connectivity index (χ3n) is 0.148. The van der Waals surface area contributed by atoms with Gasteiger partial charge in [0.1, 0.15) is 0 Å². The lowest BCUT2D eigenvalue weighted by atomic mass is 12.0. The highest BCUT2D eigenvalue weighted by atomic mass is 32.2. The molecule has 0 fully saturated rings. The van der Waals surface area contributed by atoms with Crippen LogP contribution in [0.2, 0.25) is 0 Å². The predicted octanol–water partition coefficient (Wildman–Crippen LogP) is -0.802. The summed E-state index contributed by atoms with van der Waals surface area (Å²) in [4.78, 5) is 0. The molecule has 0 bridgehead atoms. The maximum Gasteiger partial charge on any atom is 0.269 e. The first-order chi connectivity index (χ1) is 2.56. The first-order valence-electron chi connectivity index (χ1n) is 1.12. The van der Waals surface area contributed by atoms with Gasteiger partial charge >= 0.3 is 0 Å². The average Bonchev–Trinajstić information content (AvgIpc) is 1.35. The van der Waals surface area contributed by atoms with Crippen LogP contribution in [0.15, 0.2) is 4.52 Å². The Morgan fingerprint density at radius 1 is 1.67 bits per heavy atom. The van der Waals surface area contributed by atoms with Crippen LogP contribution in [0.25, 0.3) is 0 Å². The van der Waals surface area contributed by atoms with Gasteiger partial charge in [-0.2, -0.15) is 0 Å². The molecular formula is CH3N2O2S. The summed E-state index contributed by atoms with van der Waals surface area (Å²) < 4.78 is 21.2. The second kappa shape index (κ2) is 1.34. The van der Waals surface area contributed by atoms with Crippen molar-refractivity contribution >= 4 is 10.0 Å². The molecule has 0 aliphatic carbocycles. The van der Waals surface area contributed by atoms with Crippen LogP contribution in [0.1, 0.15) is 0 Å². The van der Waals surface area contributed by atoms with Gasteiger partial charge in [0.25, 0.3) is 10.0 Å². The van der Waals surface area contributed by atoms with Gasteiger partial charge in [-0.3, -0.25) is 0 Å². The summed E-state index contributed by atoms with van der Waals surface area (Å²) in [6, 6.07) is 0. The van der Waals surface area contributed by atoms with Crippen molar-refractivity contribution < 1.29 is 8.42 Å². The lowest BCUT2D eigenvalue weighted by Crippen LogP contribution is -1.86. The molecule has 1 radical (unpaired) electrons. The first-order valence-corrected chi connectivity index (χ1v) is 2.97. The minimum absolute atomic E-state index is 0.799. The highest BCUT2D eigenvalue weighted by Crippen LogP contribution is 1.74. The van der Waals surface area contributed by atoms with Gasteiger partial charge < -0.3 is 0 Å². The van der Waals surface area contributed by atoms with Crippen molar-refractivity contribution in [1.82, 2.24) is 5.53 Å². The Hall–Kier alpha value is -0.450. The Morgan fingerprint density at radius 2 is 1.83 bits per heavy atom. The molecule has 35 valence electrons. The number of hydrogen-bond donors (Lipinski definition) is 0. The molecule has 0 aromatic carbocycles. The normalized spacial score (nSPS) is 10.8. The van der Waals surface area contributed by atoms with E-state index in [1.807, 2.05) is 4.52 Å². The summed E-state index contributed by atoms with van der Waals surface area (Å²) >= 11 is 0. The van der Waals surface area contributed by atoms with E-state index in [1.54, 1.807) is 0 Å². The molecule has 0 atom stereocenters. The maximum absolute atomic E-state index is 9.58. The summed E-state index contributed by atoms with van der Waals surface area (Å²) in [5.74, 6) is 0. The Morgan fingerprint density at radius 3 is 1.83 bits per heavy atom. The van der Waals surface area contributed by atoms with Crippen LogP contribution in [0.3, 0.4) is 0 Å². The van der Waals surface area contributed by atoms with E-state index in [1.165, 1.54) is 0 Å². The van der Waals surface area contributed by atoms with Crippen LogP contribution in [-0.2, 0) is 10.0 Å². The van der Waals surface area contributed by atoms with Gasteiger partial charge in [-0.25, -0.2) is 8.42 Å². The zero-order valence-electron chi connectivity index (χ0n) is 3.12. The quantitative estimate of drug-likeness (QED) is 0.411. The molecule has 0 saturated carbocycles. The predicted molar refractivity (Wildman–Crippen MR) is 19.4 cm³/mol. The van der Waals surface area contributed by atoms with Crippen LogP contribution < -0.4 is 5.53 Å². The fourth-order valence-electron chi connectivity index (χ4n) is 0. The molecule has 0 aliphatic rings. The van der Waals surface area contributed by atoms with Crippen LogP contribution in [-0.4, -0.2) is 14.7 Å². The fraction of sp³-hybridized carbons (Fsp3) is 1.00. The molecule has 0 heterocycles. The second-order valence-electron chi connectivity index (χ2n) is 0.815. The van der Waals surface area contributed by atoms with E-state index in [0.29, 0.717) is 0 Å². The molecule has 0 amide bonds. The lowest BCUT2D eigenvalue weighted by Gasteiger charge is -1.70. The summed E-state index contributed by atoms with van der Waals surface area (Å²) in [7, 11) is -3.48. The highest BCUT2D eigenvalue weighted by Gasteiger charge is 1.89. The Balaban J connectivity index is 4.25. The van der Waals surface area contributed by atoms with Crippen molar-refractivity contribution in [2.24, 2.45) is 4.52 Å². The Kier molecular flexibility index (Phi) is 1.24. The standard InChI is InChI=1S/CH3N2O2S/c1-6(4,5)3-2/h1H3. The molecule has 0 rings (SSSR count). The molecule has 0 aliphatic heterocycles. The molecular weight excluding hydrogens is 104 g/mol. The molecule has 6 heavy (non-hydrogen) atoms. The summed E-state index contributed by atoms with van der Waals surface area (Å²) in [5, 5.41) is 0. The van der Waals surface area contributed by atoms with Crippen molar-refractivity contribution in [2.75, 3.05) is 6.26 Å². The topological polar surface area (TPSA) is 68.8 Å². The van der Waals surface area contributed by atoms with Crippen molar-refractivity contribution in [2.45, 2.75) is 0 Å². The van der Waals surface area contributed by atoms with E-state index >= 15 is 0 Å². The summed E-state index contributed by atoms with van der Waals surface area (Å²) in [5.41, 5.74) is 7.44. The van der Waals surface area contributed by atoms with Crippen molar-refractivity contribution in [3.8, 4) is 0 Å². The van der Waals surface area contributed by atoms with Crippen molar-refractivity contribution in [3.63, 3.8) is 0 Å². The SMILES string of the molecule is CS(=O)(=O)N=[N]. The zero-order valence-corrected chi connectivity index (χ0v) is 3.94. The second-order valence-corrected chi connectivity index (χ2v) is 2.44. The van der Waals surface area contributed by atoms with Crippen LogP contribution in [0.4, 0.5) is 0 Å². The molecule has 0 N–H and O–H groups in total. The third-order valence-corrected chi connectivity index (χ3v) is 0.445. The highest BCUT2D eigenvalue weighted by molar-refractivity contribution is 7.89. The van der Waals surface area contributed by atoms with Gasteiger partial charge in [0.15, 0.2) is 0 Å². The molecule has 5 heteroatoms. The van der Waals surface area contributed by atoms with Gasteiger partial charge in [0, 0.05) is 0 Å². The lowest BCUT2D eigenvalue weighted by molar-refractivity contribution is 0.601. The van der Waals surface area contributed by atoms with Crippen LogP contribution >= 0.6 is 0 Å². The summed E-state index contributed by atoms with van der Waals surface area (Å²) in [6.45, 7) is 0. The van der Waals surface area contributed by atoms with Crippen LogP contribution in [0.5, 0.6) is 0 Å². The number of hydrogen-bond acceptors (Lipinski definition) is 2. The van der Waals surface area contributed by atoms with Gasteiger partial charge in [-0.05, 0) is 10.1 Å². The monoisotopic (exact) mass is 107 g/mol. The van der Waals surface area contributed by atoms with E-state index < -0.39 is 10.0 Å². The smallest absolute Gasteiger partial charge is 0.203 e. The molecule has 0 aromatic heterocycles. The Labute approximate surface area is 35.7 Å². The largest absolute Gasteiger partial charge is 0.269 e. The van der Waals surface area contributed by atoms with E-state index in [9.17, 15) is 8.42 Å². The van der Waals surface area contributed by atoms with E-state index in [-0.39, 0.29) is 0 Å². The molecule has 0 spiro atoms. The minimum Gasteiger partial charge on any atom is -0.203 e. The fourth-order valence-corrected chi connectivity index (χ4v) is 0.